The van der Waals surface area contributed by atoms with Gasteiger partial charge in [-0.25, -0.2) is 4.79 Å². The Bertz CT molecular complexity index is 910. The molecule has 4 rings (SSSR count). The molecule has 2 aliphatic heterocycles. The predicted molar refractivity (Wildman–Crippen MR) is 106 cm³/mol. The number of hydrogen-bond donors (Lipinski definition) is 1. The van der Waals surface area contributed by atoms with Crippen LogP contribution in [0.15, 0.2) is 54.6 Å². The maximum Gasteiger partial charge on any atom is 0.329 e. The number of urea groups is 1. The van der Waals surface area contributed by atoms with Crippen molar-refractivity contribution in [2.45, 2.75) is 25.2 Å². The van der Waals surface area contributed by atoms with Gasteiger partial charge < -0.3 is 4.90 Å². The number of hydrogen-bond acceptors (Lipinski definition) is 3. The second-order valence-electron chi connectivity index (χ2n) is 7.74. The minimum Gasteiger partial charge on any atom is -0.338 e. The lowest BCUT2D eigenvalue weighted by molar-refractivity contribution is -0.117. The molecule has 2 heterocycles. The highest BCUT2D eigenvalue weighted by molar-refractivity contribution is 6.12. The third-order valence-electron chi connectivity index (χ3n) is 5.67. The van der Waals surface area contributed by atoms with Gasteiger partial charge in [-0.05, 0) is 42.7 Å². The molecule has 6 heteroatoms. The van der Waals surface area contributed by atoms with Crippen LogP contribution in [0.3, 0.4) is 0 Å². The maximum absolute atomic E-state index is 13.0. The summed E-state index contributed by atoms with van der Waals surface area (Å²) in [5, 5.41) is 2.25. The molecule has 2 aromatic carbocycles. The minimum atomic E-state index is -0.432. The Kier molecular flexibility index (Phi) is 4.63. The van der Waals surface area contributed by atoms with Crippen LogP contribution < -0.4 is 10.2 Å². The first-order valence-electron chi connectivity index (χ1n) is 9.52. The quantitative estimate of drug-likeness (QED) is 0.836. The smallest absolute Gasteiger partial charge is 0.329 e. The fraction of sp³-hybridized carbons (Fsp3) is 0.318. The molecule has 1 atom stereocenters. The topological polar surface area (TPSA) is 69.7 Å². The van der Waals surface area contributed by atoms with Gasteiger partial charge in [0.05, 0.1) is 0 Å². The molecule has 1 N–H and O–H groups in total. The van der Waals surface area contributed by atoms with Crippen molar-refractivity contribution < 1.29 is 14.4 Å². The molecule has 0 saturated carbocycles. The molecule has 0 radical (unpaired) electrons. The zero-order valence-electron chi connectivity index (χ0n) is 15.9. The number of nitrogens with zero attached hydrogens (tertiary/aromatic N) is 2. The standard InChI is InChI=1S/C22H23N3O3/c1-22(17-6-3-2-4-7-17)12-5-13-24(15-22)20(27)16-8-10-18(11-9-16)25-14-19(26)23-21(25)28/h2-4,6-11H,5,12-15H2,1H3,(H,23,26,28). The largest absolute Gasteiger partial charge is 0.338 e. The molecular weight excluding hydrogens is 354 g/mol. The fourth-order valence-corrected chi connectivity index (χ4v) is 4.11. The number of carbonyl (C=O) groups is 3. The Labute approximate surface area is 164 Å². The van der Waals surface area contributed by atoms with Crippen molar-refractivity contribution in [3.63, 3.8) is 0 Å². The van der Waals surface area contributed by atoms with Crippen LogP contribution in [-0.4, -0.2) is 42.4 Å². The van der Waals surface area contributed by atoms with Crippen molar-refractivity contribution in [1.82, 2.24) is 10.2 Å². The molecule has 0 aromatic heterocycles. The highest BCUT2D eigenvalue weighted by atomic mass is 16.2. The Morgan fingerprint density at radius 2 is 1.75 bits per heavy atom. The first-order chi connectivity index (χ1) is 13.5. The Morgan fingerprint density at radius 3 is 2.39 bits per heavy atom. The average molecular weight is 377 g/mol. The number of anilines is 1. The lowest BCUT2D eigenvalue weighted by Crippen LogP contribution is -2.47. The van der Waals surface area contributed by atoms with Gasteiger partial charge in [0.1, 0.15) is 6.54 Å². The summed E-state index contributed by atoms with van der Waals surface area (Å²) in [7, 11) is 0. The third-order valence-corrected chi connectivity index (χ3v) is 5.67. The van der Waals surface area contributed by atoms with Gasteiger partial charge in [0.15, 0.2) is 0 Å². The zero-order valence-corrected chi connectivity index (χ0v) is 15.9. The van der Waals surface area contributed by atoms with Crippen molar-refractivity contribution >= 4 is 23.5 Å². The zero-order chi connectivity index (χ0) is 19.7. The van der Waals surface area contributed by atoms with Gasteiger partial charge in [-0.2, -0.15) is 0 Å². The number of imide groups is 1. The van der Waals surface area contributed by atoms with Gasteiger partial charge in [-0.15, -0.1) is 0 Å². The van der Waals surface area contributed by atoms with Crippen molar-refractivity contribution in [2.75, 3.05) is 24.5 Å². The highest BCUT2D eigenvalue weighted by Gasteiger charge is 2.35. The molecular formula is C22H23N3O3. The summed E-state index contributed by atoms with van der Waals surface area (Å²) >= 11 is 0. The number of rotatable bonds is 3. The van der Waals surface area contributed by atoms with Gasteiger partial charge in [-0.3, -0.25) is 19.8 Å². The van der Waals surface area contributed by atoms with E-state index in [-0.39, 0.29) is 23.8 Å². The number of benzene rings is 2. The first kappa shape index (κ1) is 18.2. The summed E-state index contributed by atoms with van der Waals surface area (Å²) in [5.41, 5.74) is 2.40. The van der Waals surface area contributed by atoms with Crippen LogP contribution in [0.2, 0.25) is 0 Å². The van der Waals surface area contributed by atoms with Crippen molar-refractivity contribution in [3.05, 3.63) is 65.7 Å². The SMILES string of the molecule is CC1(c2ccccc2)CCCN(C(=O)c2ccc(N3CC(=O)NC3=O)cc2)C1. The maximum atomic E-state index is 13.0. The van der Waals surface area contributed by atoms with Gasteiger partial charge in [-0.1, -0.05) is 37.3 Å². The molecule has 0 spiro atoms. The van der Waals surface area contributed by atoms with E-state index in [0.29, 0.717) is 17.8 Å². The van der Waals surface area contributed by atoms with E-state index in [1.54, 1.807) is 24.3 Å². The van der Waals surface area contributed by atoms with E-state index in [0.717, 1.165) is 19.4 Å². The number of likely N-dealkylation sites (tertiary alicyclic amines) is 1. The van der Waals surface area contributed by atoms with Gasteiger partial charge in [0.25, 0.3) is 5.91 Å². The second-order valence-corrected chi connectivity index (χ2v) is 7.74. The lowest BCUT2D eigenvalue weighted by atomic mass is 9.76. The van der Waals surface area contributed by atoms with E-state index in [4.69, 9.17) is 0 Å². The van der Waals surface area contributed by atoms with E-state index in [1.807, 2.05) is 23.1 Å². The molecule has 2 fully saturated rings. The monoisotopic (exact) mass is 377 g/mol. The third kappa shape index (κ3) is 3.38. The molecule has 0 bridgehead atoms. The summed E-state index contributed by atoms with van der Waals surface area (Å²) in [6.45, 7) is 3.65. The molecule has 28 heavy (non-hydrogen) atoms. The first-order valence-corrected chi connectivity index (χ1v) is 9.52. The molecule has 2 saturated heterocycles. The van der Waals surface area contributed by atoms with Gasteiger partial charge >= 0.3 is 6.03 Å². The fourth-order valence-electron chi connectivity index (χ4n) is 4.11. The number of nitrogens with one attached hydrogen (secondary N) is 1. The van der Waals surface area contributed by atoms with Crippen LogP contribution in [0.4, 0.5) is 10.5 Å². The molecule has 2 aromatic rings. The molecule has 1 unspecified atom stereocenters. The normalized spacial score (nSPS) is 22.3. The van der Waals surface area contributed by atoms with E-state index >= 15 is 0 Å². The number of piperidine rings is 1. The van der Waals surface area contributed by atoms with Crippen LogP contribution in [0.25, 0.3) is 0 Å². The van der Waals surface area contributed by atoms with Gasteiger partial charge in [0.2, 0.25) is 5.91 Å². The van der Waals surface area contributed by atoms with E-state index < -0.39 is 6.03 Å². The van der Waals surface area contributed by atoms with E-state index in [1.165, 1.54) is 10.5 Å². The van der Waals surface area contributed by atoms with Crippen molar-refractivity contribution in [3.8, 4) is 0 Å². The van der Waals surface area contributed by atoms with Crippen LogP contribution >= 0.6 is 0 Å². The Hall–Kier alpha value is -3.15. The number of carbonyl (C=O) groups excluding carboxylic acids is 3. The van der Waals surface area contributed by atoms with Crippen molar-refractivity contribution in [2.24, 2.45) is 0 Å². The summed E-state index contributed by atoms with van der Waals surface area (Å²) in [6, 6.07) is 16.8. The Balaban J connectivity index is 1.50. The summed E-state index contributed by atoms with van der Waals surface area (Å²) in [5.74, 6) is -0.325. The lowest BCUT2D eigenvalue weighted by Gasteiger charge is -2.41. The van der Waals surface area contributed by atoms with Crippen molar-refractivity contribution in [1.29, 1.82) is 0 Å². The molecule has 2 aliphatic rings. The van der Waals surface area contributed by atoms with Gasteiger partial charge in [0, 0.05) is 29.8 Å². The van der Waals surface area contributed by atoms with E-state index in [2.05, 4.69) is 24.4 Å². The molecule has 6 nitrogen and oxygen atoms in total. The average Bonchev–Trinajstić information content (AvgIpc) is 3.06. The minimum absolute atomic E-state index is 0.00430. The van der Waals surface area contributed by atoms with Crippen LogP contribution in [0.1, 0.15) is 35.7 Å². The summed E-state index contributed by atoms with van der Waals surface area (Å²) < 4.78 is 0. The Morgan fingerprint density at radius 1 is 1.04 bits per heavy atom. The molecule has 0 aliphatic carbocycles. The van der Waals surface area contributed by atoms with Crippen LogP contribution in [-0.2, 0) is 10.2 Å². The molecule has 4 amide bonds. The summed E-state index contributed by atoms with van der Waals surface area (Å²) in [6.07, 6.45) is 2.02. The molecule has 144 valence electrons. The predicted octanol–water partition coefficient (Wildman–Crippen LogP) is 2.94. The summed E-state index contributed by atoms with van der Waals surface area (Å²) in [4.78, 5) is 39.5. The van der Waals surface area contributed by atoms with E-state index in [9.17, 15) is 14.4 Å². The highest BCUT2D eigenvalue weighted by Crippen LogP contribution is 2.34. The van der Waals surface area contributed by atoms with Crippen LogP contribution in [0, 0.1) is 0 Å². The second kappa shape index (κ2) is 7.11. The number of amides is 4. The van der Waals surface area contributed by atoms with Crippen LogP contribution in [0.5, 0.6) is 0 Å².